The third-order valence-electron chi connectivity index (χ3n) is 7.78. The van der Waals surface area contributed by atoms with E-state index in [1.807, 2.05) is 0 Å². The van der Waals surface area contributed by atoms with Crippen LogP contribution in [0.25, 0.3) is 0 Å². The molecule has 1 aromatic heterocycles. The second kappa shape index (κ2) is 14.5. The molecule has 1 amide bonds. The highest BCUT2D eigenvalue weighted by Crippen LogP contribution is 2.45. The fraction of sp³-hybridized carbons (Fsp3) is 0.406. The van der Waals surface area contributed by atoms with Crippen molar-refractivity contribution >= 4 is 17.7 Å². The monoisotopic (exact) mass is 679 g/mol. The Balaban J connectivity index is 1.89. The number of hydrogen-bond acceptors (Lipinski definition) is 8. The largest absolute Gasteiger partial charge is 0.490 e. The first-order valence-corrected chi connectivity index (χ1v) is 14.9. The van der Waals surface area contributed by atoms with Gasteiger partial charge >= 0.3 is 18.2 Å². The molecular formula is C32H31F6N5O5. The average Bonchev–Trinajstić information content (AvgIpc) is 3.04. The number of nitriles is 1. The van der Waals surface area contributed by atoms with Crippen molar-refractivity contribution in [2.45, 2.75) is 70.5 Å². The summed E-state index contributed by atoms with van der Waals surface area (Å²) in [5, 5.41) is 20.9. The van der Waals surface area contributed by atoms with E-state index in [1.165, 1.54) is 17.9 Å². The number of amides is 1. The second-order valence-corrected chi connectivity index (χ2v) is 10.9. The number of nitrogens with one attached hydrogen (secondary N) is 1. The van der Waals surface area contributed by atoms with Gasteiger partial charge in [-0.2, -0.15) is 18.4 Å². The van der Waals surface area contributed by atoms with Crippen LogP contribution in [0.2, 0.25) is 0 Å². The van der Waals surface area contributed by atoms with E-state index in [-0.39, 0.29) is 61.5 Å². The number of aliphatic carboxylic acids is 1. The zero-order valence-electron chi connectivity index (χ0n) is 26.0. The Labute approximate surface area is 271 Å². The number of aromatic nitrogens is 2. The Morgan fingerprint density at radius 1 is 1.12 bits per heavy atom. The fourth-order valence-corrected chi connectivity index (χ4v) is 5.46. The van der Waals surface area contributed by atoms with E-state index in [4.69, 9.17) is 14.6 Å². The van der Waals surface area contributed by atoms with Crippen LogP contribution in [0.1, 0.15) is 79.2 Å². The number of carbonyl (C=O) groups is 2. The predicted octanol–water partition coefficient (Wildman–Crippen LogP) is 6.84. The molecule has 2 aromatic carbocycles. The minimum Gasteiger partial charge on any atom is -0.490 e. The van der Waals surface area contributed by atoms with Crippen LogP contribution in [-0.4, -0.2) is 46.4 Å². The number of carboxylic acids is 1. The highest BCUT2D eigenvalue weighted by atomic mass is 19.4. The summed E-state index contributed by atoms with van der Waals surface area (Å²) in [5.41, 5.74) is -3.62. The number of carbonyl (C=O) groups excluding carboxylic acids is 1. The van der Waals surface area contributed by atoms with Crippen LogP contribution in [0.5, 0.6) is 5.75 Å². The lowest BCUT2D eigenvalue weighted by Gasteiger charge is -2.42. The molecule has 4 rings (SSSR count). The topological polar surface area (TPSA) is 138 Å². The number of aryl methyl sites for hydroxylation is 1. The van der Waals surface area contributed by atoms with E-state index in [2.05, 4.69) is 15.3 Å². The molecule has 256 valence electrons. The van der Waals surface area contributed by atoms with Crippen molar-refractivity contribution in [2.75, 3.05) is 18.1 Å². The van der Waals surface area contributed by atoms with Crippen molar-refractivity contribution in [3.8, 4) is 11.8 Å². The van der Waals surface area contributed by atoms with Crippen LogP contribution < -0.4 is 15.0 Å². The highest BCUT2D eigenvalue weighted by Gasteiger charge is 2.47. The maximum atomic E-state index is 17.8. The lowest BCUT2D eigenvalue weighted by atomic mass is 9.87. The molecule has 0 bridgehead atoms. The smallest absolute Gasteiger partial charge is 0.416 e. The Morgan fingerprint density at radius 3 is 2.40 bits per heavy atom. The van der Waals surface area contributed by atoms with Gasteiger partial charge in [0.2, 0.25) is 0 Å². The second-order valence-electron chi connectivity index (χ2n) is 10.9. The lowest BCUT2D eigenvalue weighted by molar-refractivity contribution is -0.138. The van der Waals surface area contributed by atoms with E-state index in [0.717, 1.165) is 36.7 Å². The molecule has 3 atom stereocenters. The predicted molar refractivity (Wildman–Crippen MR) is 158 cm³/mol. The maximum absolute atomic E-state index is 17.8. The van der Waals surface area contributed by atoms with Gasteiger partial charge in [0, 0.05) is 24.1 Å². The molecule has 2 heterocycles. The van der Waals surface area contributed by atoms with Gasteiger partial charge in [0.25, 0.3) is 5.79 Å². The zero-order chi connectivity index (χ0) is 35.4. The van der Waals surface area contributed by atoms with E-state index in [9.17, 15) is 32.4 Å². The first-order valence-electron chi connectivity index (χ1n) is 14.9. The molecule has 48 heavy (non-hydrogen) atoms. The number of fused-ring (bicyclic) bond motifs is 1. The van der Waals surface area contributed by atoms with Crippen LogP contribution in [0.4, 0.5) is 36.8 Å². The number of halogens is 6. The summed E-state index contributed by atoms with van der Waals surface area (Å²) in [4.78, 5) is 32.9. The van der Waals surface area contributed by atoms with Gasteiger partial charge in [0.1, 0.15) is 17.4 Å². The molecule has 0 radical (unpaired) electrons. The number of benzene rings is 2. The van der Waals surface area contributed by atoms with Gasteiger partial charge in [-0.1, -0.05) is 6.92 Å². The number of ether oxygens (including phenoxy) is 2. The quantitative estimate of drug-likeness (QED) is 0.127. The molecule has 0 saturated heterocycles. The lowest BCUT2D eigenvalue weighted by Crippen LogP contribution is -2.51. The molecule has 1 aliphatic heterocycles. The molecule has 10 nitrogen and oxygen atoms in total. The maximum Gasteiger partial charge on any atom is 0.416 e. The van der Waals surface area contributed by atoms with Gasteiger partial charge in [-0.25, -0.2) is 27.9 Å². The Morgan fingerprint density at radius 2 is 1.81 bits per heavy atom. The normalized spacial score (nSPS) is 17.2. The fourth-order valence-electron chi connectivity index (χ4n) is 5.46. The molecular weight excluding hydrogens is 648 g/mol. The van der Waals surface area contributed by atoms with Crippen LogP contribution in [0.15, 0.2) is 36.7 Å². The van der Waals surface area contributed by atoms with Gasteiger partial charge in [-0.15, -0.1) is 0 Å². The minimum absolute atomic E-state index is 0.00563. The third kappa shape index (κ3) is 7.30. The summed E-state index contributed by atoms with van der Waals surface area (Å²) in [6.07, 6.45) is -3.61. The zero-order valence-corrected chi connectivity index (χ0v) is 26.0. The summed E-state index contributed by atoms with van der Waals surface area (Å²) < 4.78 is 101. The van der Waals surface area contributed by atoms with Crippen LogP contribution in [0.3, 0.4) is 0 Å². The first-order chi connectivity index (χ1) is 22.7. The number of hydrogen-bond donors (Lipinski definition) is 2. The van der Waals surface area contributed by atoms with E-state index in [1.54, 1.807) is 13.8 Å². The standard InChI is InChI=1S/C32H31F6N5O5/c1-4-19-13-24(21-12-18(32(36,37)38)8-9-25(21)43(19)30(46)47-5-2)42-31(35,23-11-17(3)27(33)22(14-39)28(23)34)29-40-15-20(16-41-29)48-10-6-7-26(44)45/h8-9,11-12,15-16,19,24,42H,4-7,10,13H2,1-3H3,(H,44,45)/t19-,24+,31?/m1/s1. The summed E-state index contributed by atoms with van der Waals surface area (Å²) in [5.74, 6) is -7.93. The van der Waals surface area contributed by atoms with Gasteiger partial charge < -0.3 is 14.6 Å². The van der Waals surface area contributed by atoms with Crippen molar-refractivity contribution in [2.24, 2.45) is 0 Å². The molecule has 0 saturated carbocycles. The van der Waals surface area contributed by atoms with Crippen LogP contribution in [-0.2, 0) is 21.5 Å². The molecule has 0 aliphatic carbocycles. The Kier molecular flexibility index (Phi) is 10.8. The summed E-state index contributed by atoms with van der Waals surface area (Å²) in [6, 6.07) is 2.67. The molecule has 2 N–H and O–H groups in total. The Hall–Kier alpha value is -4.91. The van der Waals surface area contributed by atoms with E-state index >= 15 is 8.78 Å². The average molecular weight is 680 g/mol. The van der Waals surface area contributed by atoms with Gasteiger partial charge in [-0.3, -0.25) is 15.0 Å². The van der Waals surface area contributed by atoms with Crippen molar-refractivity contribution in [1.82, 2.24) is 15.3 Å². The van der Waals surface area contributed by atoms with Gasteiger partial charge in [0.15, 0.2) is 17.4 Å². The molecule has 3 aromatic rings. The minimum atomic E-state index is -4.83. The molecule has 1 unspecified atom stereocenters. The van der Waals surface area contributed by atoms with Gasteiger partial charge in [0.05, 0.1) is 36.9 Å². The van der Waals surface area contributed by atoms with E-state index in [0.29, 0.717) is 0 Å². The highest BCUT2D eigenvalue weighted by molar-refractivity contribution is 5.90. The summed E-state index contributed by atoms with van der Waals surface area (Å²) in [6.45, 7) is 4.34. The SMILES string of the molecule is CCOC(=O)N1c2ccc(C(F)(F)F)cc2[C@@H](NC(F)(c2ncc(OCCCC(=O)O)cn2)c2cc(C)c(F)c(C#N)c2F)C[C@H]1CC. The molecule has 1 aliphatic rings. The molecule has 0 spiro atoms. The number of nitrogens with zero attached hydrogens (tertiary/aromatic N) is 4. The van der Waals surface area contributed by atoms with Crippen LogP contribution in [0, 0.1) is 29.9 Å². The summed E-state index contributed by atoms with van der Waals surface area (Å²) >= 11 is 0. The van der Waals surface area contributed by atoms with Crippen molar-refractivity contribution in [1.29, 1.82) is 5.26 Å². The Bertz CT molecular complexity index is 1720. The van der Waals surface area contributed by atoms with Crippen LogP contribution >= 0.6 is 0 Å². The number of carboxylic acid groups (broad SMARTS) is 1. The first kappa shape index (κ1) is 35.9. The van der Waals surface area contributed by atoms with E-state index < -0.39 is 70.3 Å². The number of anilines is 1. The third-order valence-corrected chi connectivity index (χ3v) is 7.78. The molecule has 16 heteroatoms. The molecule has 0 fully saturated rings. The summed E-state index contributed by atoms with van der Waals surface area (Å²) in [7, 11) is 0. The number of alkyl halides is 4. The number of rotatable bonds is 11. The van der Waals surface area contributed by atoms with Gasteiger partial charge in [-0.05, 0) is 68.5 Å². The van der Waals surface area contributed by atoms with Crippen molar-refractivity contribution in [3.05, 3.63) is 81.9 Å². The van der Waals surface area contributed by atoms with Crippen molar-refractivity contribution in [3.63, 3.8) is 0 Å². The van der Waals surface area contributed by atoms with Crippen molar-refractivity contribution < 1.29 is 50.5 Å².